The number of benzene rings is 2. The molecule has 5 N–H and O–H groups in total. The first-order valence-corrected chi connectivity index (χ1v) is 34.8. The number of Topliss-reactive ketones (excluding diaryl/α,β-unsaturated/α-hetero) is 2. The highest BCUT2D eigenvalue weighted by atomic mass is 16.6. The normalized spacial score (nSPS) is 37.5. The molecule has 4 heterocycles. The van der Waals surface area contributed by atoms with Crippen LogP contribution in [0.5, 0.6) is 11.5 Å². The van der Waals surface area contributed by atoms with Crippen molar-refractivity contribution in [3.05, 3.63) is 71.8 Å². The minimum absolute atomic E-state index is 0.0768. The lowest BCUT2D eigenvalue weighted by atomic mass is 9.44. The number of nitrogens with zero attached hydrogens (tertiary/aromatic N) is 1. The van der Waals surface area contributed by atoms with E-state index in [1.807, 2.05) is 52.8 Å². The molecule has 0 radical (unpaired) electrons. The molecule has 6 aliphatic carbocycles. The number of ketones is 2. The largest absolute Gasteiger partial charge is 0.491 e. The van der Waals surface area contributed by atoms with Gasteiger partial charge in [0.1, 0.15) is 40.9 Å². The van der Waals surface area contributed by atoms with E-state index in [-0.39, 0.29) is 89.7 Å². The summed E-state index contributed by atoms with van der Waals surface area (Å²) in [5, 5.41) is 48.1. The van der Waals surface area contributed by atoms with Crippen LogP contribution in [0.25, 0.3) is 0 Å². The highest BCUT2D eigenvalue weighted by Gasteiger charge is 2.70. The number of nitrogens with one attached hydrogen (secondary N) is 1. The molecule has 0 spiro atoms. The van der Waals surface area contributed by atoms with Gasteiger partial charge in [0.25, 0.3) is 0 Å². The number of carbonyl (C=O) groups is 5. The van der Waals surface area contributed by atoms with E-state index in [0.29, 0.717) is 86.6 Å². The van der Waals surface area contributed by atoms with Gasteiger partial charge in [-0.2, -0.15) is 0 Å². The fourth-order valence-corrected chi connectivity index (χ4v) is 20.1. The van der Waals surface area contributed by atoms with Crippen LogP contribution >= 0.6 is 0 Å². The second-order valence-electron chi connectivity index (χ2n) is 32.0. The van der Waals surface area contributed by atoms with Crippen molar-refractivity contribution in [3.63, 3.8) is 0 Å². The monoisotopic (exact) mass is 1290 g/mol. The minimum Gasteiger partial charge on any atom is -0.482 e. The first kappa shape index (κ1) is 69.3. The van der Waals surface area contributed by atoms with E-state index < -0.39 is 77.9 Å². The molecule has 508 valence electrons. The third-order valence-electron chi connectivity index (χ3n) is 26.1. The second-order valence-corrected chi connectivity index (χ2v) is 32.0. The Morgan fingerprint density at radius 2 is 1.05 bits per heavy atom. The number of amides is 1. The van der Waals surface area contributed by atoms with E-state index in [0.717, 1.165) is 86.7 Å². The molecule has 20 heteroatoms. The van der Waals surface area contributed by atoms with Crippen LogP contribution in [-0.2, 0) is 55.9 Å². The lowest BCUT2D eigenvalue weighted by Gasteiger charge is -2.61. The molecule has 6 saturated carbocycles. The van der Waals surface area contributed by atoms with Crippen LogP contribution in [0.2, 0.25) is 0 Å². The summed E-state index contributed by atoms with van der Waals surface area (Å²) in [6, 6.07) is 7.39. The van der Waals surface area contributed by atoms with Gasteiger partial charge < -0.3 is 63.5 Å². The lowest BCUT2D eigenvalue weighted by molar-refractivity contribution is -0.207. The molecule has 8 fully saturated rings. The summed E-state index contributed by atoms with van der Waals surface area (Å²) in [5.41, 5.74) is 1.51. The lowest BCUT2D eigenvalue weighted by Crippen LogP contribution is -2.63. The molecule has 2 aromatic carbocycles. The Labute approximate surface area is 551 Å². The highest BCUT2D eigenvalue weighted by molar-refractivity contribution is 6.62. The SMILES string of the molecule is C=C[C@]1(C)C[C@@H](OC(=O)COc2cc3c(c(C4CCN(C(=O)OC(C)(C)C)CC4)c2)COB3O)[C@]2(C)[C@H](C)CC[C@]3(CCC(=O)[C@H]32)[C@@H](C)[C@@H]1O.C=C[C@]1(C)C[C@@H](OC(=O)COc2cc3c(c(C4CCNCC4)c2)COB3O)[C@]2(C)[C@H](C)CC[C@]3(CCC(=O)[C@H]32)[C@@H](C)[C@@H]1O. The van der Waals surface area contributed by atoms with Crippen molar-refractivity contribution < 1.29 is 77.2 Å². The predicted molar refractivity (Wildman–Crippen MR) is 353 cm³/mol. The number of hydrogen-bond donors (Lipinski definition) is 5. The maximum absolute atomic E-state index is 13.7. The van der Waals surface area contributed by atoms with Crippen LogP contribution in [0.3, 0.4) is 0 Å². The maximum atomic E-state index is 13.7. The summed E-state index contributed by atoms with van der Waals surface area (Å²) < 4.78 is 41.6. The number of likely N-dealkylation sites (tertiary alicyclic amines) is 1. The van der Waals surface area contributed by atoms with Gasteiger partial charge in [-0.05, 0) is 215 Å². The zero-order chi connectivity index (χ0) is 67.1. The quantitative estimate of drug-likeness (QED) is 0.0576. The molecule has 0 unspecified atom stereocenters. The molecule has 0 aromatic heterocycles. The zero-order valence-corrected chi connectivity index (χ0v) is 57.2. The van der Waals surface area contributed by atoms with Gasteiger partial charge in [-0.1, -0.05) is 67.5 Å². The fourth-order valence-electron chi connectivity index (χ4n) is 20.1. The number of fused-ring (bicyclic) bond motifs is 2. The standard InChI is InChI=1S/C39H56BNO9.C34H48BNO7/c1-9-37(7)20-31(38(8)23(2)10-14-39(24(3)34(37)44)15-11-30(42)33(38)39)49-32(43)22-47-26-18-27(28-21-48-40(46)29(28)19-26)25-12-16-41(17-13-25)35(45)50-36(4,5)6;1-6-32(4)17-28(33(5)20(2)7-11-34(21(3)31(32)39)12-8-27(37)30(33)34)43-29(38)19-41-23-15-24(22-9-13-36-14-10-22)25-18-42-35(40)26(25)16-23/h9,18-19,23-25,31,33-34,44,46H,1,10-17,20-22H2,2-8H3;6,15-16,20-22,28,30-31,36,39-40H,1,7-14,17-19H2,2-5H3/t23-,24+,31-,33+,34+,37-,38+,39+;20-,21+,28-,30+,31+,32-,33+,34+/m11/s1. The number of hydrogen-bond acceptors (Lipinski definition) is 17. The summed E-state index contributed by atoms with van der Waals surface area (Å²) in [5.74, 6) is 0.279. The first-order chi connectivity index (χ1) is 43.9. The van der Waals surface area contributed by atoms with Crippen LogP contribution in [0.4, 0.5) is 4.79 Å². The van der Waals surface area contributed by atoms with Crippen molar-refractivity contribution in [2.75, 3.05) is 39.4 Å². The summed E-state index contributed by atoms with van der Waals surface area (Å²) in [7, 11) is -2.11. The van der Waals surface area contributed by atoms with Gasteiger partial charge in [-0.3, -0.25) is 9.59 Å². The molecule has 16 atom stereocenters. The molecule has 18 nitrogen and oxygen atoms in total. The molecule has 2 saturated heterocycles. The third-order valence-corrected chi connectivity index (χ3v) is 26.1. The first-order valence-electron chi connectivity index (χ1n) is 34.8. The van der Waals surface area contributed by atoms with Crippen LogP contribution in [0.1, 0.15) is 200 Å². The predicted octanol–water partition coefficient (Wildman–Crippen LogP) is 8.96. The van der Waals surface area contributed by atoms with Crippen LogP contribution in [0, 0.1) is 68.0 Å². The Hall–Kier alpha value is -5.08. The van der Waals surface area contributed by atoms with Gasteiger partial charge in [-0.25, -0.2) is 14.4 Å². The van der Waals surface area contributed by atoms with Crippen molar-refractivity contribution in [2.45, 2.75) is 221 Å². The van der Waals surface area contributed by atoms with Crippen molar-refractivity contribution in [1.82, 2.24) is 10.2 Å². The summed E-state index contributed by atoms with van der Waals surface area (Å²) >= 11 is 0. The Balaban J connectivity index is 0.000000192. The minimum atomic E-state index is -1.10. The fraction of sp³-hybridized carbons (Fsp3) is 0.712. The number of aliphatic hydroxyl groups excluding tert-OH is 2. The van der Waals surface area contributed by atoms with Crippen molar-refractivity contribution in [3.8, 4) is 11.5 Å². The van der Waals surface area contributed by atoms with Crippen LogP contribution in [0.15, 0.2) is 49.6 Å². The number of aliphatic hydroxyl groups is 2. The molecule has 4 aliphatic heterocycles. The Bertz CT molecular complexity index is 3210. The van der Waals surface area contributed by atoms with Gasteiger partial charge in [0, 0.05) is 59.4 Å². The van der Waals surface area contributed by atoms with Crippen molar-refractivity contribution >= 4 is 54.8 Å². The molecule has 2 aromatic rings. The van der Waals surface area contributed by atoms with Gasteiger partial charge in [0.15, 0.2) is 13.2 Å². The van der Waals surface area contributed by atoms with E-state index in [2.05, 4.69) is 60.0 Å². The smallest absolute Gasteiger partial charge is 0.482 e. The van der Waals surface area contributed by atoms with E-state index in [1.54, 1.807) is 23.1 Å². The third kappa shape index (κ3) is 12.3. The van der Waals surface area contributed by atoms with Crippen molar-refractivity contribution in [1.29, 1.82) is 0 Å². The summed E-state index contributed by atoms with van der Waals surface area (Å²) in [6.45, 7) is 33.4. The molecule has 93 heavy (non-hydrogen) atoms. The van der Waals surface area contributed by atoms with Crippen LogP contribution in [-0.4, -0.2) is 138 Å². The molecule has 12 rings (SSSR count). The molecule has 1 amide bonds. The van der Waals surface area contributed by atoms with E-state index in [9.17, 15) is 44.2 Å². The molecule has 10 aliphatic rings. The summed E-state index contributed by atoms with van der Waals surface area (Å²) in [4.78, 5) is 69.1. The van der Waals surface area contributed by atoms with Gasteiger partial charge in [0.05, 0.1) is 25.4 Å². The topological polar surface area (TPSA) is 246 Å². The zero-order valence-electron chi connectivity index (χ0n) is 57.2. The number of piperidine rings is 2. The average molecular weight is 1290 g/mol. The average Bonchev–Trinajstić information content (AvgIpc) is 1.66. The molecule has 4 bridgehead atoms. The van der Waals surface area contributed by atoms with E-state index >= 15 is 0 Å². The summed E-state index contributed by atoms with van der Waals surface area (Å²) in [6.07, 6.45) is 10.8. The van der Waals surface area contributed by atoms with Gasteiger partial charge in [0.2, 0.25) is 0 Å². The molecular formula is C73H104B2N2O16. The maximum Gasteiger partial charge on any atom is 0.491 e. The van der Waals surface area contributed by atoms with Gasteiger partial charge >= 0.3 is 32.3 Å². The Morgan fingerprint density at radius 1 is 0.645 bits per heavy atom. The highest BCUT2D eigenvalue weighted by Crippen LogP contribution is 2.70. The van der Waals surface area contributed by atoms with E-state index in [4.69, 9.17) is 33.0 Å². The second kappa shape index (κ2) is 26.1. The molecular weight excluding hydrogens is 1180 g/mol. The van der Waals surface area contributed by atoms with Crippen LogP contribution < -0.4 is 25.7 Å². The number of esters is 2. The number of rotatable bonds is 12. The van der Waals surface area contributed by atoms with Crippen molar-refractivity contribution in [2.24, 2.45) is 68.0 Å². The number of carbonyl (C=O) groups excluding carboxylic acids is 5. The van der Waals surface area contributed by atoms with E-state index in [1.165, 1.54) is 0 Å². The Morgan fingerprint density at radius 3 is 1.45 bits per heavy atom. The Kier molecular flexibility index (Phi) is 19.4. The number of ether oxygens (including phenoxy) is 5. The van der Waals surface area contributed by atoms with Gasteiger partial charge in [-0.15, -0.1) is 13.2 Å².